The van der Waals surface area contributed by atoms with Crippen LogP contribution in [0, 0.1) is 0 Å². The zero-order chi connectivity index (χ0) is 13.7. The second-order valence-corrected chi connectivity index (χ2v) is 4.55. The maximum Gasteiger partial charge on any atom is 0.271 e. The molecule has 7 heteroatoms. The number of aryl methyl sites for hydroxylation is 1. The smallest absolute Gasteiger partial charge is 0.271 e. The molecule has 1 N–H and O–H groups in total. The van der Waals surface area contributed by atoms with Gasteiger partial charge in [0.25, 0.3) is 5.91 Å². The molecule has 0 aliphatic rings. The van der Waals surface area contributed by atoms with Gasteiger partial charge in [-0.05, 0) is 26.3 Å². The van der Waals surface area contributed by atoms with Crippen LogP contribution >= 0.6 is 0 Å². The molecule has 0 radical (unpaired) electrons. The van der Waals surface area contributed by atoms with Crippen LogP contribution in [-0.2, 0) is 6.54 Å². The molecule has 0 saturated heterocycles. The van der Waals surface area contributed by atoms with E-state index in [1.807, 2.05) is 20.0 Å². The Kier molecular flexibility index (Phi) is 4.27. The average molecular weight is 262 g/mol. The fourth-order valence-electron chi connectivity index (χ4n) is 1.63. The highest BCUT2D eigenvalue weighted by atomic mass is 16.1. The van der Waals surface area contributed by atoms with Crippen molar-refractivity contribution in [2.24, 2.45) is 0 Å². The van der Waals surface area contributed by atoms with E-state index in [0.717, 1.165) is 13.0 Å². The fourth-order valence-corrected chi connectivity index (χ4v) is 1.63. The number of carbonyl (C=O) groups excluding carboxylic acids is 1. The molecule has 2 aromatic heterocycles. The van der Waals surface area contributed by atoms with Crippen LogP contribution in [0.25, 0.3) is 0 Å². The zero-order valence-electron chi connectivity index (χ0n) is 11.2. The van der Waals surface area contributed by atoms with E-state index in [0.29, 0.717) is 12.2 Å². The fraction of sp³-hybridized carbons (Fsp3) is 0.500. The van der Waals surface area contributed by atoms with E-state index in [1.54, 1.807) is 27.8 Å². The third kappa shape index (κ3) is 3.64. The van der Waals surface area contributed by atoms with Gasteiger partial charge in [-0.2, -0.15) is 5.10 Å². The maximum atomic E-state index is 11.8. The van der Waals surface area contributed by atoms with E-state index in [2.05, 4.69) is 20.7 Å². The van der Waals surface area contributed by atoms with Gasteiger partial charge in [0.05, 0.1) is 6.20 Å². The molecular weight excluding hydrogens is 244 g/mol. The van der Waals surface area contributed by atoms with Gasteiger partial charge >= 0.3 is 0 Å². The number of hydrogen-bond donors (Lipinski definition) is 1. The number of rotatable bonds is 6. The van der Waals surface area contributed by atoms with E-state index in [-0.39, 0.29) is 11.9 Å². The summed E-state index contributed by atoms with van der Waals surface area (Å²) >= 11 is 0. The standard InChI is InChI=1S/C12H18N6O/c1-10(2)18-8-4-11(15-18)12(19)13-5-3-7-17-9-6-14-16-17/h4,6,8-10H,3,5,7H2,1-2H3,(H,13,19). The van der Waals surface area contributed by atoms with E-state index in [4.69, 9.17) is 0 Å². The van der Waals surface area contributed by atoms with E-state index >= 15 is 0 Å². The van der Waals surface area contributed by atoms with Crippen molar-refractivity contribution >= 4 is 5.91 Å². The van der Waals surface area contributed by atoms with Crippen LogP contribution < -0.4 is 5.32 Å². The Hall–Kier alpha value is -2.18. The third-order valence-corrected chi connectivity index (χ3v) is 2.69. The van der Waals surface area contributed by atoms with Crippen molar-refractivity contribution in [2.75, 3.05) is 6.54 Å². The van der Waals surface area contributed by atoms with Gasteiger partial charge in [-0.15, -0.1) is 5.10 Å². The molecule has 2 rings (SSSR count). The highest BCUT2D eigenvalue weighted by molar-refractivity contribution is 5.92. The summed E-state index contributed by atoms with van der Waals surface area (Å²) in [6, 6.07) is 1.99. The topological polar surface area (TPSA) is 77.6 Å². The van der Waals surface area contributed by atoms with Crippen LogP contribution in [0.2, 0.25) is 0 Å². The molecule has 0 atom stereocenters. The lowest BCUT2D eigenvalue weighted by Crippen LogP contribution is -2.26. The molecule has 0 bridgehead atoms. The summed E-state index contributed by atoms with van der Waals surface area (Å²) in [4.78, 5) is 11.8. The minimum atomic E-state index is -0.141. The van der Waals surface area contributed by atoms with Gasteiger partial charge in [0.1, 0.15) is 5.69 Å². The summed E-state index contributed by atoms with van der Waals surface area (Å²) in [5.41, 5.74) is 0.453. The van der Waals surface area contributed by atoms with Crippen LogP contribution in [0.15, 0.2) is 24.7 Å². The van der Waals surface area contributed by atoms with Gasteiger partial charge in [-0.1, -0.05) is 5.21 Å². The Morgan fingerprint density at radius 1 is 1.42 bits per heavy atom. The van der Waals surface area contributed by atoms with Gasteiger partial charge < -0.3 is 5.32 Å². The molecule has 7 nitrogen and oxygen atoms in total. The third-order valence-electron chi connectivity index (χ3n) is 2.69. The van der Waals surface area contributed by atoms with Crippen LogP contribution in [0.3, 0.4) is 0 Å². The molecule has 0 saturated carbocycles. The van der Waals surface area contributed by atoms with E-state index in [9.17, 15) is 4.79 Å². The SMILES string of the molecule is CC(C)n1ccc(C(=O)NCCCn2ccnn2)n1. The minimum absolute atomic E-state index is 0.141. The summed E-state index contributed by atoms with van der Waals surface area (Å²) < 4.78 is 3.50. The first-order chi connectivity index (χ1) is 9.16. The van der Waals surface area contributed by atoms with Crippen LogP contribution in [-0.4, -0.2) is 37.2 Å². The van der Waals surface area contributed by atoms with Crippen LogP contribution in [0.1, 0.15) is 36.8 Å². The Morgan fingerprint density at radius 3 is 2.89 bits per heavy atom. The molecule has 0 fully saturated rings. The quantitative estimate of drug-likeness (QED) is 0.784. The van der Waals surface area contributed by atoms with Gasteiger partial charge in [0, 0.05) is 31.5 Å². The number of hydrogen-bond acceptors (Lipinski definition) is 4. The van der Waals surface area contributed by atoms with Crippen molar-refractivity contribution in [3.8, 4) is 0 Å². The Bertz CT molecular complexity index is 516. The molecule has 19 heavy (non-hydrogen) atoms. The van der Waals surface area contributed by atoms with Crippen molar-refractivity contribution in [3.63, 3.8) is 0 Å². The molecule has 0 aromatic carbocycles. The number of amides is 1. The van der Waals surface area contributed by atoms with Gasteiger partial charge in [0.2, 0.25) is 0 Å². The highest BCUT2D eigenvalue weighted by Crippen LogP contribution is 2.03. The van der Waals surface area contributed by atoms with Crippen molar-refractivity contribution in [2.45, 2.75) is 32.9 Å². The van der Waals surface area contributed by atoms with Crippen molar-refractivity contribution < 1.29 is 4.79 Å². The Morgan fingerprint density at radius 2 is 2.26 bits per heavy atom. The molecular formula is C12H18N6O. The molecule has 2 aromatic rings. The van der Waals surface area contributed by atoms with E-state index < -0.39 is 0 Å². The molecule has 0 unspecified atom stereocenters. The lowest BCUT2D eigenvalue weighted by atomic mass is 10.3. The second-order valence-electron chi connectivity index (χ2n) is 4.55. The zero-order valence-corrected chi connectivity index (χ0v) is 11.2. The van der Waals surface area contributed by atoms with Gasteiger partial charge in [-0.25, -0.2) is 0 Å². The number of aromatic nitrogens is 5. The summed E-state index contributed by atoms with van der Waals surface area (Å²) in [6.07, 6.45) is 6.05. The summed E-state index contributed by atoms with van der Waals surface area (Å²) in [7, 11) is 0. The van der Waals surface area contributed by atoms with Crippen molar-refractivity contribution in [3.05, 3.63) is 30.4 Å². The average Bonchev–Trinajstić information content (AvgIpc) is 3.05. The van der Waals surface area contributed by atoms with Gasteiger partial charge in [-0.3, -0.25) is 14.2 Å². The van der Waals surface area contributed by atoms with E-state index in [1.165, 1.54) is 0 Å². The second kappa shape index (κ2) is 6.12. The van der Waals surface area contributed by atoms with Crippen LogP contribution in [0.5, 0.6) is 0 Å². The minimum Gasteiger partial charge on any atom is -0.351 e. The lowest BCUT2D eigenvalue weighted by molar-refractivity contribution is 0.0946. The summed E-state index contributed by atoms with van der Waals surface area (Å²) in [6.45, 7) is 5.37. The highest BCUT2D eigenvalue weighted by Gasteiger charge is 2.09. The first kappa shape index (κ1) is 13.3. The number of nitrogens with zero attached hydrogens (tertiary/aromatic N) is 5. The van der Waals surface area contributed by atoms with Crippen molar-refractivity contribution in [1.29, 1.82) is 0 Å². The number of carbonyl (C=O) groups is 1. The van der Waals surface area contributed by atoms with Crippen LogP contribution in [0.4, 0.5) is 0 Å². The summed E-state index contributed by atoms with van der Waals surface area (Å²) in [5.74, 6) is -0.141. The maximum absolute atomic E-state index is 11.8. The summed E-state index contributed by atoms with van der Waals surface area (Å²) in [5, 5.41) is 14.6. The molecule has 102 valence electrons. The predicted octanol–water partition coefficient (Wildman–Crippen LogP) is 0.876. The first-order valence-corrected chi connectivity index (χ1v) is 6.34. The Labute approximate surface area is 111 Å². The van der Waals surface area contributed by atoms with Crippen molar-refractivity contribution in [1.82, 2.24) is 30.1 Å². The normalized spacial score (nSPS) is 10.9. The lowest BCUT2D eigenvalue weighted by Gasteiger charge is -2.05. The molecule has 1 amide bonds. The largest absolute Gasteiger partial charge is 0.351 e. The van der Waals surface area contributed by atoms with Gasteiger partial charge in [0.15, 0.2) is 0 Å². The Balaban J connectivity index is 1.74. The molecule has 0 spiro atoms. The molecule has 2 heterocycles. The predicted molar refractivity (Wildman–Crippen MR) is 69.6 cm³/mol. The molecule has 0 aliphatic heterocycles. The number of nitrogens with one attached hydrogen (secondary N) is 1. The first-order valence-electron chi connectivity index (χ1n) is 6.34. The molecule has 0 aliphatic carbocycles. The monoisotopic (exact) mass is 262 g/mol.